The van der Waals surface area contributed by atoms with E-state index in [1.807, 2.05) is 0 Å². The first kappa shape index (κ1) is 22.6. The zero-order chi connectivity index (χ0) is 18.5. The van der Waals surface area contributed by atoms with Gasteiger partial charge in [0.2, 0.25) is 11.8 Å². The molecule has 0 bridgehead atoms. The Kier molecular flexibility index (Phi) is 12.3. The fourth-order valence-electron chi connectivity index (χ4n) is 2.31. The highest BCUT2D eigenvalue weighted by molar-refractivity contribution is 6.00. The summed E-state index contributed by atoms with van der Waals surface area (Å²) in [7, 11) is 0. The van der Waals surface area contributed by atoms with Gasteiger partial charge in [0.1, 0.15) is 12.3 Å². The summed E-state index contributed by atoms with van der Waals surface area (Å²) in [5, 5.41) is 9.53. The first-order chi connectivity index (χ1) is 11.4. The molecule has 0 spiro atoms. The molecular formula is C16H32N4O4. The maximum Gasteiger partial charge on any atom is 0.249 e. The number of imide groups is 1. The summed E-state index contributed by atoms with van der Waals surface area (Å²) in [5.41, 5.74) is 16.5. The van der Waals surface area contributed by atoms with Crippen molar-refractivity contribution < 1.29 is 19.5 Å². The lowest BCUT2D eigenvalue weighted by atomic mass is 10.0. The second kappa shape index (κ2) is 13.0. The molecule has 0 aromatic carbocycles. The summed E-state index contributed by atoms with van der Waals surface area (Å²) >= 11 is 0. The van der Waals surface area contributed by atoms with Gasteiger partial charge in [0, 0.05) is 6.42 Å². The zero-order valence-corrected chi connectivity index (χ0v) is 14.5. The summed E-state index contributed by atoms with van der Waals surface area (Å²) in [4.78, 5) is 37.3. The van der Waals surface area contributed by atoms with E-state index in [4.69, 9.17) is 17.2 Å². The summed E-state index contributed by atoms with van der Waals surface area (Å²) < 4.78 is 0. The first-order valence-electron chi connectivity index (χ1n) is 8.55. The highest BCUT2D eigenvalue weighted by Crippen LogP contribution is 2.13. The number of nitrogens with zero attached hydrogens (tertiary/aromatic N) is 1. The molecule has 0 radical (unpaired) electrons. The van der Waals surface area contributed by atoms with Crippen LogP contribution < -0.4 is 17.2 Å². The second-order valence-electron chi connectivity index (χ2n) is 5.96. The van der Waals surface area contributed by atoms with Crippen molar-refractivity contribution >= 4 is 18.1 Å². The molecule has 0 unspecified atom stereocenters. The van der Waals surface area contributed by atoms with E-state index in [-0.39, 0.29) is 6.42 Å². The maximum atomic E-state index is 12.5. The van der Waals surface area contributed by atoms with E-state index in [0.29, 0.717) is 45.1 Å². The minimum atomic E-state index is -1.24. The van der Waals surface area contributed by atoms with Crippen molar-refractivity contribution in [3.63, 3.8) is 0 Å². The van der Waals surface area contributed by atoms with E-state index in [1.165, 1.54) is 6.92 Å². The third-order valence-corrected chi connectivity index (χ3v) is 3.85. The number of rotatable bonds is 13. The Morgan fingerprint density at radius 1 is 1.08 bits per heavy atom. The van der Waals surface area contributed by atoms with Gasteiger partial charge in [0.05, 0.1) is 12.1 Å². The van der Waals surface area contributed by atoms with Gasteiger partial charge in [-0.05, 0) is 52.1 Å². The Labute approximate surface area is 143 Å². The minimum absolute atomic E-state index is 0.138. The van der Waals surface area contributed by atoms with Crippen LogP contribution in [0.5, 0.6) is 0 Å². The largest absolute Gasteiger partial charge is 0.391 e. The molecule has 8 heteroatoms. The van der Waals surface area contributed by atoms with Crippen LogP contribution in [0.15, 0.2) is 0 Å². The molecule has 0 fully saturated rings. The van der Waals surface area contributed by atoms with Crippen molar-refractivity contribution in [2.75, 3.05) is 13.1 Å². The standard InChI is InChI=1S/C16H32N4O4/c1-12(22)15(19)16(24)20(13(11-21)7-4-6-10-18)14(23)8-3-2-5-9-17/h11-13,15,22H,2-10,17-19H2,1H3/t12-,13+,15+/m1/s1. The molecule has 0 aliphatic rings. The lowest BCUT2D eigenvalue weighted by Crippen LogP contribution is -2.55. The molecule has 24 heavy (non-hydrogen) atoms. The molecule has 2 amide bonds. The van der Waals surface area contributed by atoms with Crippen LogP contribution in [0.2, 0.25) is 0 Å². The number of hydrogen-bond donors (Lipinski definition) is 4. The molecule has 0 aliphatic carbocycles. The van der Waals surface area contributed by atoms with E-state index < -0.39 is 30.0 Å². The van der Waals surface area contributed by atoms with Crippen LogP contribution in [0.4, 0.5) is 0 Å². The molecule has 0 aromatic heterocycles. The number of carbonyl (C=O) groups is 3. The van der Waals surface area contributed by atoms with Gasteiger partial charge in [-0.15, -0.1) is 0 Å². The normalized spacial score (nSPS) is 14.7. The first-order valence-corrected chi connectivity index (χ1v) is 8.55. The monoisotopic (exact) mass is 344 g/mol. The fourth-order valence-corrected chi connectivity index (χ4v) is 2.31. The average Bonchev–Trinajstić information content (AvgIpc) is 2.56. The summed E-state index contributed by atoms with van der Waals surface area (Å²) in [5.74, 6) is -1.17. The van der Waals surface area contributed by atoms with Gasteiger partial charge in [-0.1, -0.05) is 6.42 Å². The molecule has 0 aliphatic heterocycles. The number of nitrogens with two attached hydrogens (primary N) is 3. The summed E-state index contributed by atoms with van der Waals surface area (Å²) in [6.45, 7) is 2.39. The van der Waals surface area contributed by atoms with Gasteiger partial charge < -0.3 is 27.1 Å². The van der Waals surface area contributed by atoms with Crippen LogP contribution in [0.1, 0.15) is 51.9 Å². The Morgan fingerprint density at radius 3 is 2.17 bits per heavy atom. The highest BCUT2D eigenvalue weighted by Gasteiger charge is 2.33. The number of aliphatic hydroxyl groups excluding tert-OH is 1. The molecule has 8 nitrogen and oxygen atoms in total. The van der Waals surface area contributed by atoms with E-state index in [2.05, 4.69) is 0 Å². The Bertz CT molecular complexity index is 390. The second-order valence-corrected chi connectivity index (χ2v) is 5.96. The van der Waals surface area contributed by atoms with E-state index >= 15 is 0 Å². The third-order valence-electron chi connectivity index (χ3n) is 3.85. The van der Waals surface area contributed by atoms with Gasteiger partial charge in [-0.2, -0.15) is 0 Å². The van der Waals surface area contributed by atoms with Crippen LogP contribution in [-0.2, 0) is 14.4 Å². The van der Waals surface area contributed by atoms with Crippen molar-refractivity contribution in [2.45, 2.75) is 70.1 Å². The number of hydrogen-bond acceptors (Lipinski definition) is 7. The summed E-state index contributed by atoms with van der Waals surface area (Å²) in [6.07, 6.45) is 3.41. The molecule has 3 atom stereocenters. The average molecular weight is 344 g/mol. The Hall–Kier alpha value is -1.35. The quantitative estimate of drug-likeness (QED) is 0.254. The van der Waals surface area contributed by atoms with Gasteiger partial charge in [-0.25, -0.2) is 0 Å². The van der Waals surface area contributed by atoms with Crippen LogP contribution >= 0.6 is 0 Å². The predicted octanol–water partition coefficient (Wildman–Crippen LogP) is -0.735. The number of aldehydes is 1. The van der Waals surface area contributed by atoms with E-state index in [0.717, 1.165) is 17.7 Å². The third kappa shape index (κ3) is 7.96. The van der Waals surface area contributed by atoms with Crippen molar-refractivity contribution in [1.29, 1.82) is 0 Å². The van der Waals surface area contributed by atoms with Crippen molar-refractivity contribution in [1.82, 2.24) is 4.90 Å². The van der Waals surface area contributed by atoms with Crippen LogP contribution in [0.3, 0.4) is 0 Å². The maximum absolute atomic E-state index is 12.5. The van der Waals surface area contributed by atoms with Crippen molar-refractivity contribution in [2.24, 2.45) is 17.2 Å². The fraction of sp³-hybridized carbons (Fsp3) is 0.812. The SMILES string of the molecule is C[C@@H](O)[C@H](N)C(=O)N(C(=O)CCCCCN)[C@H](C=O)CCCCN. The highest BCUT2D eigenvalue weighted by atomic mass is 16.3. The molecule has 140 valence electrons. The predicted molar refractivity (Wildman–Crippen MR) is 91.8 cm³/mol. The van der Waals surface area contributed by atoms with Crippen LogP contribution in [-0.4, -0.2) is 59.4 Å². The number of amides is 2. The number of aliphatic hydroxyl groups is 1. The van der Waals surface area contributed by atoms with E-state index in [1.54, 1.807) is 0 Å². The number of unbranched alkanes of at least 4 members (excludes halogenated alkanes) is 3. The van der Waals surface area contributed by atoms with Gasteiger partial charge in [0.15, 0.2) is 0 Å². The molecule has 0 saturated heterocycles. The topological polar surface area (TPSA) is 153 Å². The summed E-state index contributed by atoms with van der Waals surface area (Å²) in [6, 6.07) is -2.12. The van der Waals surface area contributed by atoms with Gasteiger partial charge in [0.25, 0.3) is 0 Å². The smallest absolute Gasteiger partial charge is 0.249 e. The molecular weight excluding hydrogens is 312 g/mol. The molecule has 0 heterocycles. The van der Waals surface area contributed by atoms with E-state index in [9.17, 15) is 19.5 Å². The van der Waals surface area contributed by atoms with Crippen molar-refractivity contribution in [3.05, 3.63) is 0 Å². The molecule has 0 saturated carbocycles. The zero-order valence-electron chi connectivity index (χ0n) is 14.5. The minimum Gasteiger partial charge on any atom is -0.391 e. The lowest BCUT2D eigenvalue weighted by Gasteiger charge is -2.29. The Morgan fingerprint density at radius 2 is 1.67 bits per heavy atom. The van der Waals surface area contributed by atoms with Crippen molar-refractivity contribution in [3.8, 4) is 0 Å². The lowest BCUT2D eigenvalue weighted by molar-refractivity contribution is -0.152. The molecule has 7 N–H and O–H groups in total. The van der Waals surface area contributed by atoms with Crippen LogP contribution in [0.25, 0.3) is 0 Å². The molecule has 0 rings (SSSR count). The van der Waals surface area contributed by atoms with Crippen LogP contribution in [0, 0.1) is 0 Å². The van der Waals surface area contributed by atoms with Gasteiger partial charge in [-0.3, -0.25) is 14.5 Å². The molecule has 0 aromatic rings. The Balaban J connectivity index is 5.07. The van der Waals surface area contributed by atoms with Gasteiger partial charge >= 0.3 is 0 Å². The number of carbonyl (C=O) groups excluding carboxylic acids is 3.